The van der Waals surface area contributed by atoms with Crippen molar-refractivity contribution >= 4 is 17.8 Å². The van der Waals surface area contributed by atoms with Gasteiger partial charge in [-0.05, 0) is 61.3 Å². The van der Waals surface area contributed by atoms with Crippen LogP contribution in [0, 0.1) is 34.5 Å². The van der Waals surface area contributed by atoms with Crippen molar-refractivity contribution in [2.45, 2.75) is 25.7 Å². The summed E-state index contributed by atoms with van der Waals surface area (Å²) in [6.07, 6.45) is 6.52. The van der Waals surface area contributed by atoms with Crippen LogP contribution >= 0.6 is 0 Å². The van der Waals surface area contributed by atoms with Gasteiger partial charge in [0, 0.05) is 17.5 Å². The molecule has 0 heterocycles. The summed E-state index contributed by atoms with van der Waals surface area (Å²) in [5, 5.41) is 10.8. The van der Waals surface area contributed by atoms with Gasteiger partial charge in [-0.1, -0.05) is 18.2 Å². The highest BCUT2D eigenvalue weighted by atomic mass is 16.1. The number of nitrogens with one attached hydrogen (secondary N) is 2. The van der Waals surface area contributed by atoms with Crippen molar-refractivity contribution in [3.8, 4) is 0 Å². The molecule has 0 saturated heterocycles. The van der Waals surface area contributed by atoms with Crippen LogP contribution in [0.1, 0.15) is 25.7 Å². The molecule has 1 aromatic carbocycles. The third kappa shape index (κ3) is 1.52. The first-order valence-corrected chi connectivity index (χ1v) is 7.63. The number of amides is 1. The third-order valence-electron chi connectivity index (χ3n) is 5.94. The molecule has 0 radical (unpaired) electrons. The van der Waals surface area contributed by atoms with Gasteiger partial charge in [0.1, 0.15) is 0 Å². The van der Waals surface area contributed by atoms with Crippen LogP contribution in [-0.4, -0.2) is 12.1 Å². The predicted octanol–water partition coefficient (Wildman–Crippen LogP) is 3.33. The molecule has 1 aromatic rings. The van der Waals surface area contributed by atoms with Crippen LogP contribution in [0.5, 0.6) is 0 Å². The molecule has 3 fully saturated rings. The fraction of sp³-hybridized carbons (Fsp3) is 0.529. The van der Waals surface area contributed by atoms with Gasteiger partial charge in [0.25, 0.3) is 0 Å². The van der Waals surface area contributed by atoms with E-state index in [0.29, 0.717) is 17.3 Å². The van der Waals surface area contributed by atoms with E-state index in [9.17, 15) is 4.79 Å². The number of hydrogen-bond donors (Lipinski definition) is 2. The third-order valence-corrected chi connectivity index (χ3v) is 5.94. The van der Waals surface area contributed by atoms with Crippen LogP contribution in [0.25, 0.3) is 0 Å². The Hall–Kier alpha value is -1.64. The van der Waals surface area contributed by atoms with Crippen molar-refractivity contribution in [1.29, 1.82) is 5.41 Å². The lowest BCUT2D eigenvalue weighted by atomic mass is 9.79. The fourth-order valence-corrected chi connectivity index (χ4v) is 5.05. The van der Waals surface area contributed by atoms with Gasteiger partial charge >= 0.3 is 0 Å². The second kappa shape index (κ2) is 4.18. The first-order valence-electron chi connectivity index (χ1n) is 7.63. The molecule has 3 aliphatic carbocycles. The van der Waals surface area contributed by atoms with Gasteiger partial charge in [-0.2, -0.15) is 0 Å². The molecular weight excluding hydrogens is 248 g/mol. The lowest BCUT2D eigenvalue weighted by Gasteiger charge is -2.26. The van der Waals surface area contributed by atoms with Gasteiger partial charge < -0.3 is 10.7 Å². The summed E-state index contributed by atoms with van der Waals surface area (Å²) in [7, 11) is 0. The average molecular weight is 268 g/mol. The van der Waals surface area contributed by atoms with Gasteiger partial charge in [-0.15, -0.1) is 0 Å². The lowest BCUT2D eigenvalue weighted by Crippen LogP contribution is -2.34. The van der Waals surface area contributed by atoms with Gasteiger partial charge in [-0.25, -0.2) is 0 Å². The molecule has 4 unspecified atom stereocenters. The number of benzene rings is 1. The molecule has 3 aliphatic rings. The summed E-state index contributed by atoms with van der Waals surface area (Å²) in [5.41, 5.74) is 1.30. The molecule has 0 aromatic heterocycles. The van der Waals surface area contributed by atoms with Crippen molar-refractivity contribution in [1.82, 2.24) is 0 Å². The van der Waals surface area contributed by atoms with E-state index in [0.717, 1.165) is 5.69 Å². The van der Waals surface area contributed by atoms with Gasteiger partial charge in [0.2, 0.25) is 5.91 Å². The minimum absolute atomic E-state index is 0.0222. The van der Waals surface area contributed by atoms with E-state index in [4.69, 9.17) is 5.41 Å². The standard InChI is InChI=1S/C17H20N2O/c18-10-12-13-6-7-14(17(13)8-9-17)15(12)16(20)19-11-4-2-1-3-5-11/h1-5,10,12-15,18H,6-9H2,(H,19,20). The number of carbonyl (C=O) groups excluding carboxylic acids is 1. The molecule has 20 heavy (non-hydrogen) atoms. The maximum Gasteiger partial charge on any atom is 0.228 e. The number of rotatable bonds is 3. The normalized spacial score (nSPS) is 36.0. The topological polar surface area (TPSA) is 53.0 Å². The maximum atomic E-state index is 12.7. The monoisotopic (exact) mass is 268 g/mol. The molecule has 4 rings (SSSR count). The summed E-state index contributed by atoms with van der Waals surface area (Å²) < 4.78 is 0. The Morgan fingerprint density at radius 1 is 1.20 bits per heavy atom. The van der Waals surface area contributed by atoms with E-state index in [1.165, 1.54) is 25.7 Å². The van der Waals surface area contributed by atoms with Gasteiger partial charge in [-0.3, -0.25) is 4.79 Å². The van der Waals surface area contributed by atoms with E-state index >= 15 is 0 Å². The Morgan fingerprint density at radius 2 is 1.90 bits per heavy atom. The van der Waals surface area contributed by atoms with E-state index in [-0.39, 0.29) is 17.7 Å². The minimum atomic E-state index is 0.0222. The van der Waals surface area contributed by atoms with E-state index in [2.05, 4.69) is 5.32 Å². The Bertz CT molecular complexity index is 549. The zero-order chi connectivity index (χ0) is 13.7. The minimum Gasteiger partial charge on any atom is -0.326 e. The first-order chi connectivity index (χ1) is 9.76. The number of para-hydroxylation sites is 1. The molecular formula is C17H20N2O. The highest BCUT2D eigenvalue weighted by Gasteiger charge is 2.69. The Kier molecular flexibility index (Phi) is 2.53. The Balaban J connectivity index is 1.58. The molecule has 2 N–H and O–H groups in total. The lowest BCUT2D eigenvalue weighted by molar-refractivity contribution is -0.122. The number of anilines is 1. The molecule has 3 heteroatoms. The fourth-order valence-electron chi connectivity index (χ4n) is 5.05. The summed E-state index contributed by atoms with van der Waals surface area (Å²) in [6, 6.07) is 9.68. The van der Waals surface area contributed by atoms with Crippen molar-refractivity contribution in [3.05, 3.63) is 30.3 Å². The SMILES string of the molecule is N=CC1C(C(=O)Nc2ccccc2)C2CCC1C21CC1. The van der Waals surface area contributed by atoms with Crippen LogP contribution in [0.4, 0.5) is 5.69 Å². The number of hydrogen-bond acceptors (Lipinski definition) is 2. The summed E-state index contributed by atoms with van der Waals surface area (Å²) >= 11 is 0. The average Bonchev–Trinajstić information content (AvgIpc) is 3.14. The maximum absolute atomic E-state index is 12.7. The molecule has 1 amide bonds. The predicted molar refractivity (Wildman–Crippen MR) is 78.7 cm³/mol. The number of carbonyl (C=O) groups is 1. The largest absolute Gasteiger partial charge is 0.326 e. The van der Waals surface area contributed by atoms with Crippen molar-refractivity contribution in [3.63, 3.8) is 0 Å². The van der Waals surface area contributed by atoms with Crippen molar-refractivity contribution in [2.24, 2.45) is 29.1 Å². The first kappa shape index (κ1) is 12.1. The highest BCUT2D eigenvalue weighted by molar-refractivity contribution is 5.95. The van der Waals surface area contributed by atoms with Crippen molar-refractivity contribution in [2.75, 3.05) is 5.32 Å². The highest BCUT2D eigenvalue weighted by Crippen LogP contribution is 2.74. The molecule has 0 aliphatic heterocycles. The second-order valence-corrected chi connectivity index (χ2v) is 6.65. The molecule has 2 bridgehead atoms. The van der Waals surface area contributed by atoms with Crippen molar-refractivity contribution < 1.29 is 4.79 Å². The zero-order valence-electron chi connectivity index (χ0n) is 11.5. The molecule has 1 spiro atoms. The van der Waals surface area contributed by atoms with E-state index in [1.54, 1.807) is 6.21 Å². The van der Waals surface area contributed by atoms with Crippen LogP contribution in [0.3, 0.4) is 0 Å². The zero-order valence-corrected chi connectivity index (χ0v) is 11.5. The van der Waals surface area contributed by atoms with Crippen LogP contribution in [-0.2, 0) is 4.79 Å². The molecule has 104 valence electrons. The van der Waals surface area contributed by atoms with Gasteiger partial charge in [0.15, 0.2) is 0 Å². The Labute approximate surface area is 119 Å². The summed E-state index contributed by atoms with van der Waals surface area (Å²) in [6.45, 7) is 0. The van der Waals surface area contributed by atoms with Gasteiger partial charge in [0.05, 0.1) is 0 Å². The molecule has 3 saturated carbocycles. The van der Waals surface area contributed by atoms with E-state index < -0.39 is 0 Å². The second-order valence-electron chi connectivity index (χ2n) is 6.65. The molecule has 4 atom stereocenters. The van der Waals surface area contributed by atoms with Crippen LogP contribution in [0.2, 0.25) is 0 Å². The quantitative estimate of drug-likeness (QED) is 0.812. The van der Waals surface area contributed by atoms with Crippen LogP contribution < -0.4 is 5.32 Å². The molecule has 3 nitrogen and oxygen atoms in total. The van der Waals surface area contributed by atoms with Crippen LogP contribution in [0.15, 0.2) is 30.3 Å². The summed E-state index contributed by atoms with van der Waals surface area (Å²) in [4.78, 5) is 12.7. The van der Waals surface area contributed by atoms with E-state index in [1.807, 2.05) is 30.3 Å². The smallest absolute Gasteiger partial charge is 0.228 e. The Morgan fingerprint density at radius 3 is 2.55 bits per heavy atom. The summed E-state index contributed by atoms with van der Waals surface area (Å²) in [5.74, 6) is 1.43.